The summed E-state index contributed by atoms with van der Waals surface area (Å²) in [5, 5.41) is 5.35. The zero-order valence-corrected chi connectivity index (χ0v) is 18.4. The summed E-state index contributed by atoms with van der Waals surface area (Å²) in [5.74, 6) is 0.0289. The molecule has 0 bridgehead atoms. The number of nitrogens with zero attached hydrogens (tertiary/aromatic N) is 4. The van der Waals surface area contributed by atoms with E-state index in [-0.39, 0.29) is 11.9 Å². The van der Waals surface area contributed by atoms with Gasteiger partial charge in [0.05, 0.1) is 22.8 Å². The van der Waals surface area contributed by atoms with Crippen LogP contribution in [0.5, 0.6) is 0 Å². The van der Waals surface area contributed by atoms with Crippen molar-refractivity contribution in [1.82, 2.24) is 19.7 Å². The Hall–Kier alpha value is -3.73. The van der Waals surface area contributed by atoms with Crippen LogP contribution in [0.15, 0.2) is 79.0 Å². The minimum absolute atomic E-state index is 0.0289. The molecule has 0 radical (unpaired) electrons. The topological polar surface area (TPSA) is 51.0 Å². The number of fused-ring (bicyclic) bond motifs is 1. The van der Waals surface area contributed by atoms with Crippen LogP contribution in [0.4, 0.5) is 0 Å². The molecule has 0 unspecified atom stereocenters. The molecule has 2 aromatic carbocycles. The first kappa shape index (κ1) is 20.2. The Morgan fingerprint density at radius 1 is 0.969 bits per heavy atom. The van der Waals surface area contributed by atoms with Crippen LogP contribution in [-0.4, -0.2) is 38.7 Å². The van der Waals surface area contributed by atoms with Crippen LogP contribution >= 0.6 is 0 Å². The lowest BCUT2D eigenvalue weighted by atomic mass is 9.99. The fourth-order valence-corrected chi connectivity index (χ4v) is 4.27. The average molecular weight is 423 g/mol. The molecule has 5 rings (SSSR count). The smallest absolute Gasteiger partial charge is 0.255 e. The molecule has 1 aliphatic rings. The lowest BCUT2D eigenvalue weighted by molar-refractivity contribution is 0.0775. The number of amides is 1. The van der Waals surface area contributed by atoms with E-state index in [9.17, 15) is 4.79 Å². The number of hydrogen-bond donors (Lipinski definition) is 0. The van der Waals surface area contributed by atoms with Crippen molar-refractivity contribution in [3.05, 3.63) is 90.1 Å². The van der Waals surface area contributed by atoms with Gasteiger partial charge in [-0.2, -0.15) is 5.10 Å². The molecule has 5 nitrogen and oxygen atoms in total. The number of hydrogen-bond acceptors (Lipinski definition) is 3. The summed E-state index contributed by atoms with van der Waals surface area (Å²) < 4.78 is 1.89. The van der Waals surface area contributed by atoms with Gasteiger partial charge in [0.1, 0.15) is 0 Å². The summed E-state index contributed by atoms with van der Waals surface area (Å²) in [7, 11) is 0. The van der Waals surface area contributed by atoms with Crippen molar-refractivity contribution in [2.45, 2.75) is 26.3 Å². The van der Waals surface area contributed by atoms with E-state index in [1.165, 1.54) is 11.1 Å². The second-order valence-electron chi connectivity index (χ2n) is 8.44. The summed E-state index contributed by atoms with van der Waals surface area (Å²) in [6.07, 6.45) is 4.80. The monoisotopic (exact) mass is 422 g/mol. The average Bonchev–Trinajstić information content (AvgIpc) is 3.29. The maximum absolute atomic E-state index is 13.7. The van der Waals surface area contributed by atoms with Crippen LogP contribution in [0, 0.1) is 0 Å². The van der Waals surface area contributed by atoms with Gasteiger partial charge in [0.15, 0.2) is 5.65 Å². The molecule has 4 aromatic rings. The van der Waals surface area contributed by atoms with Crippen molar-refractivity contribution in [3.8, 4) is 11.3 Å². The minimum atomic E-state index is 0.0289. The molecule has 0 N–H and O–H groups in total. The highest BCUT2D eigenvalue weighted by atomic mass is 16.2. The molecular weight excluding hydrogens is 396 g/mol. The minimum Gasteiger partial charge on any atom is -0.335 e. The summed E-state index contributed by atoms with van der Waals surface area (Å²) in [4.78, 5) is 20.5. The first-order valence-corrected chi connectivity index (χ1v) is 11.1. The Balaban J connectivity index is 1.53. The van der Waals surface area contributed by atoms with Gasteiger partial charge in [-0.3, -0.25) is 4.79 Å². The van der Waals surface area contributed by atoms with Crippen molar-refractivity contribution in [2.24, 2.45) is 0 Å². The van der Waals surface area contributed by atoms with Crippen molar-refractivity contribution < 1.29 is 4.79 Å². The Labute approximate surface area is 188 Å². The second-order valence-corrected chi connectivity index (χ2v) is 8.44. The number of benzene rings is 2. The first-order chi connectivity index (χ1) is 15.6. The van der Waals surface area contributed by atoms with Gasteiger partial charge < -0.3 is 4.90 Å². The number of rotatable bonds is 4. The van der Waals surface area contributed by atoms with Crippen LogP contribution in [0.2, 0.25) is 0 Å². The molecule has 0 spiro atoms. The van der Waals surface area contributed by atoms with Crippen LogP contribution < -0.4 is 0 Å². The lowest BCUT2D eigenvalue weighted by Gasteiger charge is -2.27. The first-order valence-electron chi connectivity index (χ1n) is 11.1. The summed E-state index contributed by atoms with van der Waals surface area (Å²) in [6, 6.07) is 22.5. The van der Waals surface area contributed by atoms with Gasteiger partial charge in [-0.15, -0.1) is 0 Å². The largest absolute Gasteiger partial charge is 0.335 e. The number of carbonyl (C=O) groups is 1. The fourth-order valence-electron chi connectivity index (χ4n) is 4.27. The van der Waals surface area contributed by atoms with E-state index in [0.29, 0.717) is 18.7 Å². The van der Waals surface area contributed by atoms with Crippen molar-refractivity contribution in [1.29, 1.82) is 0 Å². The Kier molecular flexibility index (Phi) is 5.31. The van der Waals surface area contributed by atoms with Crippen LogP contribution in [-0.2, 0) is 0 Å². The van der Waals surface area contributed by atoms with Crippen molar-refractivity contribution in [3.63, 3.8) is 0 Å². The van der Waals surface area contributed by atoms with E-state index < -0.39 is 0 Å². The number of carbonyl (C=O) groups excluding carboxylic acids is 1. The van der Waals surface area contributed by atoms with Gasteiger partial charge in [-0.25, -0.2) is 9.67 Å². The molecule has 3 heterocycles. The highest BCUT2D eigenvalue weighted by molar-refractivity contribution is 6.06. The molecule has 2 aromatic heterocycles. The third-order valence-electron chi connectivity index (χ3n) is 6.00. The van der Waals surface area contributed by atoms with Gasteiger partial charge in [-0.1, -0.05) is 66.7 Å². The van der Waals surface area contributed by atoms with E-state index >= 15 is 0 Å². The van der Waals surface area contributed by atoms with Gasteiger partial charge in [0.2, 0.25) is 0 Å². The maximum Gasteiger partial charge on any atom is 0.255 e. The molecule has 0 saturated carbocycles. The summed E-state index contributed by atoms with van der Waals surface area (Å²) >= 11 is 0. The lowest BCUT2D eigenvalue weighted by Crippen LogP contribution is -2.34. The van der Waals surface area contributed by atoms with Crippen LogP contribution in [0.1, 0.15) is 42.2 Å². The highest BCUT2D eigenvalue weighted by Gasteiger charge is 2.24. The summed E-state index contributed by atoms with van der Waals surface area (Å²) in [5.41, 5.74) is 5.73. The number of pyridine rings is 1. The molecule has 160 valence electrons. The normalized spacial score (nSPS) is 14.1. The third-order valence-corrected chi connectivity index (χ3v) is 6.00. The predicted octanol–water partition coefficient (Wildman–Crippen LogP) is 5.61. The highest BCUT2D eigenvalue weighted by Crippen LogP contribution is 2.29. The Bertz CT molecular complexity index is 1290. The van der Waals surface area contributed by atoms with Crippen LogP contribution in [0.3, 0.4) is 0 Å². The number of aromatic nitrogens is 3. The van der Waals surface area contributed by atoms with E-state index in [4.69, 9.17) is 4.98 Å². The molecule has 1 aliphatic heterocycles. The van der Waals surface area contributed by atoms with Gasteiger partial charge >= 0.3 is 0 Å². The van der Waals surface area contributed by atoms with Crippen LogP contribution in [0.25, 0.3) is 27.9 Å². The molecule has 0 fully saturated rings. The van der Waals surface area contributed by atoms with E-state index in [1.54, 1.807) is 6.20 Å². The van der Waals surface area contributed by atoms with E-state index in [0.717, 1.165) is 28.7 Å². The van der Waals surface area contributed by atoms with Gasteiger partial charge in [0, 0.05) is 24.7 Å². The third kappa shape index (κ3) is 3.71. The molecule has 5 heteroatoms. The maximum atomic E-state index is 13.7. The quantitative estimate of drug-likeness (QED) is 0.430. The molecular formula is C27H26N4O. The molecule has 0 aliphatic carbocycles. The Morgan fingerprint density at radius 2 is 1.66 bits per heavy atom. The summed E-state index contributed by atoms with van der Waals surface area (Å²) in [6.45, 7) is 5.45. The second kappa shape index (κ2) is 8.42. The van der Waals surface area contributed by atoms with E-state index in [2.05, 4.69) is 49.3 Å². The Morgan fingerprint density at radius 3 is 2.28 bits per heavy atom. The van der Waals surface area contributed by atoms with Gasteiger partial charge in [0.25, 0.3) is 5.91 Å². The standard InChI is InChI=1S/C27H26N4O/c1-19(2)31-26-24(18-28-31)23(17-25(29-26)22-11-7-4-8-12-22)27(32)30-15-13-21(14-16-30)20-9-5-3-6-10-20/h3-13,17-19H,14-16H2,1-2H3. The fraction of sp³-hybridized carbons (Fsp3) is 0.222. The zero-order valence-electron chi connectivity index (χ0n) is 18.4. The zero-order chi connectivity index (χ0) is 22.1. The molecule has 0 saturated heterocycles. The molecule has 1 amide bonds. The molecule has 32 heavy (non-hydrogen) atoms. The van der Waals surface area contributed by atoms with E-state index in [1.807, 2.05) is 52.0 Å². The predicted molar refractivity (Wildman–Crippen MR) is 128 cm³/mol. The van der Waals surface area contributed by atoms with Gasteiger partial charge in [-0.05, 0) is 37.5 Å². The van der Waals surface area contributed by atoms with Crippen molar-refractivity contribution in [2.75, 3.05) is 13.1 Å². The molecule has 0 atom stereocenters. The SMILES string of the molecule is CC(C)n1ncc2c(C(=O)N3CC=C(c4ccccc4)CC3)cc(-c3ccccc3)nc21. The van der Waals surface area contributed by atoms with Crippen molar-refractivity contribution >= 4 is 22.5 Å².